The molecule has 1 aromatic rings. The first kappa shape index (κ1) is 18.7. The van der Waals surface area contributed by atoms with Crippen molar-refractivity contribution < 1.29 is 4.74 Å². The van der Waals surface area contributed by atoms with Crippen molar-refractivity contribution in [2.45, 2.75) is 19.4 Å². The summed E-state index contributed by atoms with van der Waals surface area (Å²) in [6.45, 7) is 4.29. The van der Waals surface area contributed by atoms with Gasteiger partial charge in [0.05, 0.1) is 13.2 Å². The van der Waals surface area contributed by atoms with Crippen molar-refractivity contribution >= 4 is 11.3 Å². The van der Waals surface area contributed by atoms with Crippen LogP contribution in [-0.2, 0) is 0 Å². The van der Waals surface area contributed by atoms with Crippen molar-refractivity contribution in [2.24, 2.45) is 0 Å². The first-order valence-corrected chi connectivity index (χ1v) is 9.91. The fourth-order valence-electron chi connectivity index (χ4n) is 4.41. The average molecular weight is 379 g/mol. The molecule has 5 heteroatoms. The zero-order valence-corrected chi connectivity index (χ0v) is 17.5. The minimum atomic E-state index is 0.259. The van der Waals surface area contributed by atoms with E-state index in [1.807, 2.05) is 12.3 Å². The van der Waals surface area contributed by atoms with Crippen molar-refractivity contribution in [3.05, 3.63) is 64.7 Å². The van der Waals surface area contributed by atoms with Gasteiger partial charge < -0.3 is 25.2 Å². The molecule has 28 heavy (non-hydrogen) atoms. The summed E-state index contributed by atoms with van der Waals surface area (Å²) in [5.41, 5.74) is 8.87. The number of hydrogen-bond donors (Lipinski definition) is 2. The van der Waals surface area contributed by atoms with E-state index >= 15 is 0 Å². The van der Waals surface area contributed by atoms with E-state index in [1.165, 1.54) is 39.4 Å². The number of ether oxygens (including phenoxy) is 1. The highest BCUT2D eigenvalue weighted by Gasteiger charge is 2.38. The van der Waals surface area contributed by atoms with Crippen LogP contribution in [0.3, 0.4) is 0 Å². The van der Waals surface area contributed by atoms with E-state index < -0.39 is 0 Å². The second kappa shape index (κ2) is 7.40. The lowest BCUT2D eigenvalue weighted by atomic mass is 9.85. The van der Waals surface area contributed by atoms with Crippen LogP contribution in [0.1, 0.15) is 18.9 Å². The topological polar surface area (TPSA) is 39.8 Å². The fraction of sp³-hybridized carbons (Fsp3) is 0.391. The third-order valence-electron chi connectivity index (χ3n) is 5.82. The highest BCUT2D eigenvalue weighted by atomic mass is 16.5. The summed E-state index contributed by atoms with van der Waals surface area (Å²) >= 11 is 0. The van der Waals surface area contributed by atoms with Gasteiger partial charge in [0.2, 0.25) is 0 Å². The minimum Gasteiger partial charge on any atom is -0.497 e. The zero-order chi connectivity index (χ0) is 19.8. The summed E-state index contributed by atoms with van der Waals surface area (Å²) in [7, 11) is 8.13. The average Bonchev–Trinajstić information content (AvgIpc) is 2.97. The number of benzene rings is 1. The lowest BCUT2D eigenvalue weighted by Gasteiger charge is -2.32. The molecular formula is C23H30N4O. The monoisotopic (exact) mass is 378 g/mol. The van der Waals surface area contributed by atoms with Gasteiger partial charge in [-0.2, -0.15) is 0 Å². The molecule has 0 saturated carbocycles. The Morgan fingerprint density at radius 3 is 2.86 bits per heavy atom. The van der Waals surface area contributed by atoms with E-state index in [1.54, 1.807) is 7.11 Å². The maximum Gasteiger partial charge on any atom is 0.119 e. The number of methoxy groups -OCH3 is 1. The molecule has 0 spiro atoms. The maximum atomic E-state index is 5.48. The van der Waals surface area contributed by atoms with Crippen LogP contribution in [-0.4, -0.2) is 52.3 Å². The number of fused-ring (bicyclic) bond motifs is 4. The SMILES string of the molecule is COc1ccc2c(c1)C1=CC3=C(NCCCN(C)C)C=CNC3=C(C)C1N2C. The van der Waals surface area contributed by atoms with Crippen LogP contribution in [0.5, 0.6) is 5.75 Å². The molecule has 0 saturated heterocycles. The summed E-state index contributed by atoms with van der Waals surface area (Å²) in [5.74, 6) is 0.902. The molecule has 2 N–H and O–H groups in total. The summed E-state index contributed by atoms with van der Waals surface area (Å²) in [6.07, 6.45) is 7.65. The maximum absolute atomic E-state index is 5.48. The molecule has 0 radical (unpaired) electrons. The normalized spacial score (nSPS) is 20.0. The minimum absolute atomic E-state index is 0.259. The van der Waals surface area contributed by atoms with Crippen LogP contribution < -0.4 is 20.3 Å². The Morgan fingerprint density at radius 2 is 2.11 bits per heavy atom. The number of rotatable bonds is 6. The second-order valence-electron chi connectivity index (χ2n) is 7.94. The predicted octanol–water partition coefficient (Wildman–Crippen LogP) is 3.10. The number of likely N-dealkylation sites (N-methyl/N-ethyl adjacent to an activating group) is 1. The lowest BCUT2D eigenvalue weighted by Crippen LogP contribution is -2.34. The van der Waals surface area contributed by atoms with Crippen LogP contribution in [0.15, 0.2) is 59.1 Å². The van der Waals surface area contributed by atoms with Gasteiger partial charge in [0.1, 0.15) is 5.75 Å². The first-order chi connectivity index (χ1) is 13.5. The summed E-state index contributed by atoms with van der Waals surface area (Å²) in [6, 6.07) is 6.62. The molecule has 1 aromatic carbocycles. The molecule has 0 bridgehead atoms. The summed E-state index contributed by atoms with van der Waals surface area (Å²) in [4.78, 5) is 4.59. The summed E-state index contributed by atoms with van der Waals surface area (Å²) < 4.78 is 5.48. The Balaban J connectivity index is 1.71. The van der Waals surface area contributed by atoms with Crippen molar-refractivity contribution in [2.75, 3.05) is 46.2 Å². The molecule has 1 aliphatic carbocycles. The number of nitrogens with zero attached hydrogens (tertiary/aromatic N) is 2. The van der Waals surface area contributed by atoms with Crippen LogP contribution in [0, 0.1) is 0 Å². The van der Waals surface area contributed by atoms with Gasteiger partial charge >= 0.3 is 0 Å². The largest absolute Gasteiger partial charge is 0.497 e. The molecule has 4 rings (SSSR count). The quantitative estimate of drug-likeness (QED) is 0.745. The van der Waals surface area contributed by atoms with Gasteiger partial charge in [-0.05, 0) is 75.5 Å². The molecular weight excluding hydrogens is 348 g/mol. The Morgan fingerprint density at radius 1 is 1.29 bits per heavy atom. The van der Waals surface area contributed by atoms with Crippen molar-refractivity contribution in [3.63, 3.8) is 0 Å². The molecule has 0 aromatic heterocycles. The molecule has 1 atom stereocenters. The Hall–Kier alpha value is -2.66. The highest BCUT2D eigenvalue weighted by molar-refractivity contribution is 5.94. The molecule has 5 nitrogen and oxygen atoms in total. The van der Waals surface area contributed by atoms with E-state index in [2.05, 4.69) is 72.8 Å². The predicted molar refractivity (Wildman–Crippen MR) is 116 cm³/mol. The Labute approximate surface area is 168 Å². The van der Waals surface area contributed by atoms with E-state index in [-0.39, 0.29) is 6.04 Å². The van der Waals surface area contributed by atoms with Gasteiger partial charge in [0, 0.05) is 48.0 Å². The third-order valence-corrected chi connectivity index (χ3v) is 5.82. The van der Waals surface area contributed by atoms with Crippen LogP contribution in [0.25, 0.3) is 5.57 Å². The zero-order valence-electron chi connectivity index (χ0n) is 17.5. The molecule has 1 unspecified atom stereocenters. The van der Waals surface area contributed by atoms with Gasteiger partial charge in [0.25, 0.3) is 0 Å². The second-order valence-corrected chi connectivity index (χ2v) is 7.94. The Bertz CT molecular complexity index is 907. The fourth-order valence-corrected chi connectivity index (χ4v) is 4.41. The molecule has 0 amide bonds. The number of nitrogens with one attached hydrogen (secondary N) is 2. The van der Waals surface area contributed by atoms with Crippen LogP contribution >= 0.6 is 0 Å². The first-order valence-electron chi connectivity index (χ1n) is 9.91. The molecule has 2 heterocycles. The van der Waals surface area contributed by atoms with Crippen molar-refractivity contribution in [3.8, 4) is 5.75 Å². The summed E-state index contributed by atoms with van der Waals surface area (Å²) in [5, 5.41) is 7.13. The number of dihydropyridines is 1. The van der Waals surface area contributed by atoms with Crippen LogP contribution in [0.2, 0.25) is 0 Å². The van der Waals surface area contributed by atoms with Gasteiger partial charge in [-0.15, -0.1) is 0 Å². The molecule has 148 valence electrons. The van der Waals surface area contributed by atoms with Gasteiger partial charge in [-0.1, -0.05) is 0 Å². The third kappa shape index (κ3) is 3.10. The smallest absolute Gasteiger partial charge is 0.119 e. The molecule has 0 fully saturated rings. The van der Waals surface area contributed by atoms with Crippen LogP contribution in [0.4, 0.5) is 5.69 Å². The number of allylic oxidation sites excluding steroid dienone is 2. The van der Waals surface area contributed by atoms with E-state index in [9.17, 15) is 0 Å². The lowest BCUT2D eigenvalue weighted by molar-refractivity contribution is 0.398. The van der Waals surface area contributed by atoms with Gasteiger partial charge in [-0.3, -0.25) is 0 Å². The molecule has 3 aliphatic rings. The Kier molecular flexibility index (Phi) is 4.94. The molecule has 2 aliphatic heterocycles. The van der Waals surface area contributed by atoms with Gasteiger partial charge in [-0.25, -0.2) is 0 Å². The number of anilines is 1. The van der Waals surface area contributed by atoms with Crippen molar-refractivity contribution in [1.29, 1.82) is 0 Å². The highest BCUT2D eigenvalue weighted by Crippen LogP contribution is 2.48. The van der Waals surface area contributed by atoms with E-state index in [4.69, 9.17) is 4.74 Å². The van der Waals surface area contributed by atoms with Gasteiger partial charge in [0.15, 0.2) is 0 Å². The number of hydrogen-bond acceptors (Lipinski definition) is 5. The standard InChI is InChI=1S/C23H30N4O/c1-15-22-19(20(9-11-25-22)24-10-6-12-26(2)3)14-18-17-13-16(28-5)7-8-21(17)27(4)23(15)18/h7-9,11,13-14,23-25H,6,10,12H2,1-5H3. The van der Waals surface area contributed by atoms with Crippen molar-refractivity contribution in [1.82, 2.24) is 15.5 Å². The van der Waals surface area contributed by atoms with E-state index in [0.717, 1.165) is 25.3 Å². The van der Waals surface area contributed by atoms with E-state index in [0.29, 0.717) is 0 Å².